The fourth-order valence-electron chi connectivity index (χ4n) is 3.11. The van der Waals surface area contributed by atoms with Crippen LogP contribution in [-0.2, 0) is 4.79 Å². The number of halogens is 1. The average molecular weight is 296 g/mol. The predicted molar refractivity (Wildman–Crippen MR) is 81.0 cm³/mol. The summed E-state index contributed by atoms with van der Waals surface area (Å²) in [5.41, 5.74) is 1.30. The van der Waals surface area contributed by atoms with E-state index in [-0.39, 0.29) is 0 Å². The summed E-state index contributed by atoms with van der Waals surface area (Å²) in [6.45, 7) is 4.17. The summed E-state index contributed by atoms with van der Waals surface area (Å²) in [5, 5.41) is 9.63. The van der Waals surface area contributed by atoms with Crippen molar-refractivity contribution < 1.29 is 9.90 Å². The lowest BCUT2D eigenvalue weighted by atomic mass is 9.91. The van der Waals surface area contributed by atoms with Crippen LogP contribution in [0.25, 0.3) is 0 Å². The van der Waals surface area contributed by atoms with Crippen LogP contribution in [-0.4, -0.2) is 29.1 Å². The van der Waals surface area contributed by atoms with Crippen molar-refractivity contribution in [2.24, 2.45) is 5.92 Å². The molecule has 1 heterocycles. The van der Waals surface area contributed by atoms with Crippen LogP contribution in [0.3, 0.4) is 0 Å². The molecule has 3 nitrogen and oxygen atoms in total. The third kappa shape index (κ3) is 3.97. The number of piperidine rings is 1. The molecule has 2 rings (SSSR count). The zero-order valence-corrected chi connectivity index (χ0v) is 12.6. The molecule has 20 heavy (non-hydrogen) atoms. The monoisotopic (exact) mass is 295 g/mol. The van der Waals surface area contributed by atoms with Gasteiger partial charge in [0.1, 0.15) is 0 Å². The van der Waals surface area contributed by atoms with E-state index in [4.69, 9.17) is 16.7 Å². The summed E-state index contributed by atoms with van der Waals surface area (Å²) in [5.74, 6) is -0.334. The minimum atomic E-state index is -0.673. The summed E-state index contributed by atoms with van der Waals surface area (Å²) < 4.78 is 0. The van der Waals surface area contributed by atoms with Gasteiger partial charge < -0.3 is 5.11 Å². The number of carbonyl (C=O) groups is 1. The number of hydrogen-bond acceptors (Lipinski definition) is 2. The maximum atomic E-state index is 10.8. The molecule has 1 N–H and O–H groups in total. The van der Waals surface area contributed by atoms with E-state index in [1.54, 1.807) is 0 Å². The van der Waals surface area contributed by atoms with Crippen LogP contribution in [0.2, 0.25) is 5.02 Å². The number of benzene rings is 1. The number of carboxylic acid groups (broad SMARTS) is 1. The van der Waals surface area contributed by atoms with Crippen LogP contribution in [0.15, 0.2) is 24.3 Å². The molecule has 1 aromatic rings. The smallest absolute Gasteiger partial charge is 0.303 e. The molecule has 1 atom stereocenters. The van der Waals surface area contributed by atoms with Crippen molar-refractivity contribution in [3.8, 4) is 0 Å². The maximum Gasteiger partial charge on any atom is 0.303 e. The minimum absolute atomic E-state index is 0.311. The number of carboxylic acids is 1. The maximum absolute atomic E-state index is 10.8. The van der Waals surface area contributed by atoms with E-state index >= 15 is 0 Å². The van der Waals surface area contributed by atoms with E-state index in [1.807, 2.05) is 12.1 Å². The van der Waals surface area contributed by atoms with Gasteiger partial charge in [-0.05, 0) is 56.0 Å². The molecule has 1 saturated heterocycles. The Bertz CT molecular complexity index is 438. The summed E-state index contributed by atoms with van der Waals surface area (Å²) >= 11 is 5.94. The highest BCUT2D eigenvalue weighted by Crippen LogP contribution is 2.30. The Morgan fingerprint density at radius 1 is 1.35 bits per heavy atom. The van der Waals surface area contributed by atoms with Gasteiger partial charge in [-0.3, -0.25) is 9.69 Å². The molecule has 1 aliphatic rings. The molecule has 0 aromatic heterocycles. The second-order valence-electron chi connectivity index (χ2n) is 5.55. The van der Waals surface area contributed by atoms with E-state index in [2.05, 4.69) is 24.0 Å². The van der Waals surface area contributed by atoms with Crippen LogP contribution in [0.4, 0.5) is 0 Å². The number of nitrogens with zero attached hydrogens (tertiary/aromatic N) is 1. The molecule has 1 unspecified atom stereocenters. The molecule has 1 fully saturated rings. The van der Waals surface area contributed by atoms with Gasteiger partial charge >= 0.3 is 5.97 Å². The number of hydrogen-bond donors (Lipinski definition) is 1. The third-order valence-electron chi connectivity index (χ3n) is 4.19. The molecule has 1 aliphatic heterocycles. The van der Waals surface area contributed by atoms with Gasteiger partial charge in [0.25, 0.3) is 0 Å². The quantitative estimate of drug-likeness (QED) is 0.893. The van der Waals surface area contributed by atoms with Crippen LogP contribution in [0.1, 0.15) is 44.2 Å². The van der Waals surface area contributed by atoms with Crippen molar-refractivity contribution in [3.63, 3.8) is 0 Å². The fourth-order valence-corrected chi connectivity index (χ4v) is 3.23. The number of aliphatic carboxylic acids is 1. The van der Waals surface area contributed by atoms with Crippen LogP contribution < -0.4 is 0 Å². The van der Waals surface area contributed by atoms with E-state index < -0.39 is 5.97 Å². The predicted octanol–water partition coefficient (Wildman–Crippen LogP) is 3.98. The third-order valence-corrected chi connectivity index (χ3v) is 4.45. The van der Waals surface area contributed by atoms with E-state index in [1.165, 1.54) is 5.56 Å². The lowest BCUT2D eigenvalue weighted by molar-refractivity contribution is -0.138. The molecule has 1 aromatic carbocycles. The van der Waals surface area contributed by atoms with Crippen molar-refractivity contribution in [1.29, 1.82) is 0 Å². The Morgan fingerprint density at radius 3 is 2.45 bits per heavy atom. The van der Waals surface area contributed by atoms with Crippen molar-refractivity contribution >= 4 is 17.6 Å². The molecule has 0 bridgehead atoms. The van der Waals surface area contributed by atoms with Crippen molar-refractivity contribution in [3.05, 3.63) is 34.9 Å². The Hall–Kier alpha value is -1.06. The number of rotatable bonds is 5. The standard InChI is InChI=1S/C16H22ClNO2/c1-2-15(13-3-5-14(17)6-4-13)18-9-7-12(8-10-18)11-16(19)20/h3-6,12,15H,2,7-11H2,1H3,(H,19,20). The van der Waals surface area contributed by atoms with Gasteiger partial charge in [0.2, 0.25) is 0 Å². The highest BCUT2D eigenvalue weighted by atomic mass is 35.5. The normalized spacial score (nSPS) is 18.9. The number of likely N-dealkylation sites (tertiary alicyclic amines) is 1. The highest BCUT2D eigenvalue weighted by molar-refractivity contribution is 6.30. The summed E-state index contributed by atoms with van der Waals surface area (Å²) in [4.78, 5) is 13.2. The second-order valence-corrected chi connectivity index (χ2v) is 5.99. The molecular weight excluding hydrogens is 274 g/mol. The Labute approximate surface area is 125 Å². The van der Waals surface area contributed by atoms with Gasteiger partial charge in [-0.2, -0.15) is 0 Å². The average Bonchev–Trinajstić information content (AvgIpc) is 2.43. The molecule has 0 radical (unpaired) electrons. The largest absolute Gasteiger partial charge is 0.481 e. The van der Waals surface area contributed by atoms with Gasteiger partial charge in [0.05, 0.1) is 0 Å². The van der Waals surface area contributed by atoms with Gasteiger partial charge in [-0.15, -0.1) is 0 Å². The molecular formula is C16H22ClNO2. The second kappa shape index (κ2) is 7.09. The van der Waals surface area contributed by atoms with Gasteiger partial charge in [-0.1, -0.05) is 30.7 Å². The summed E-state index contributed by atoms with van der Waals surface area (Å²) in [7, 11) is 0. The van der Waals surface area contributed by atoms with Crippen molar-refractivity contribution in [1.82, 2.24) is 4.90 Å². The first-order chi connectivity index (χ1) is 9.60. The van der Waals surface area contributed by atoms with Crippen molar-refractivity contribution in [2.45, 2.75) is 38.6 Å². The van der Waals surface area contributed by atoms with Gasteiger partial charge in [0.15, 0.2) is 0 Å². The zero-order valence-electron chi connectivity index (χ0n) is 11.9. The molecule has 0 saturated carbocycles. The summed E-state index contributed by atoms with van der Waals surface area (Å²) in [6.07, 6.45) is 3.34. The van der Waals surface area contributed by atoms with E-state index in [0.29, 0.717) is 18.4 Å². The van der Waals surface area contributed by atoms with E-state index in [9.17, 15) is 4.79 Å². The van der Waals surface area contributed by atoms with Crippen molar-refractivity contribution in [2.75, 3.05) is 13.1 Å². The first kappa shape index (κ1) is 15.3. The Kier molecular flexibility index (Phi) is 5.44. The molecule has 0 amide bonds. The molecule has 0 spiro atoms. The SMILES string of the molecule is CCC(c1ccc(Cl)cc1)N1CCC(CC(=O)O)CC1. The highest BCUT2D eigenvalue weighted by Gasteiger charge is 2.26. The lowest BCUT2D eigenvalue weighted by Crippen LogP contribution is -2.37. The Balaban J connectivity index is 1.96. The van der Waals surface area contributed by atoms with Crippen LogP contribution in [0.5, 0.6) is 0 Å². The van der Waals surface area contributed by atoms with Gasteiger partial charge in [0, 0.05) is 17.5 Å². The fraction of sp³-hybridized carbons (Fsp3) is 0.562. The first-order valence-electron chi connectivity index (χ1n) is 7.31. The zero-order chi connectivity index (χ0) is 14.5. The minimum Gasteiger partial charge on any atom is -0.481 e. The lowest BCUT2D eigenvalue weighted by Gasteiger charge is -2.37. The van der Waals surface area contributed by atoms with E-state index in [0.717, 1.165) is 37.4 Å². The van der Waals surface area contributed by atoms with Gasteiger partial charge in [-0.25, -0.2) is 0 Å². The molecule has 110 valence electrons. The molecule has 4 heteroatoms. The summed E-state index contributed by atoms with van der Waals surface area (Å²) in [6, 6.07) is 8.49. The van der Waals surface area contributed by atoms with Crippen LogP contribution in [0, 0.1) is 5.92 Å². The first-order valence-corrected chi connectivity index (χ1v) is 7.69. The van der Waals surface area contributed by atoms with Crippen LogP contribution >= 0.6 is 11.6 Å². The Morgan fingerprint density at radius 2 is 1.95 bits per heavy atom. The topological polar surface area (TPSA) is 40.5 Å². The molecule has 0 aliphatic carbocycles.